The van der Waals surface area contributed by atoms with Crippen molar-refractivity contribution >= 4 is 23.2 Å². The van der Waals surface area contributed by atoms with E-state index in [1.807, 2.05) is 50.4 Å². The highest BCUT2D eigenvalue weighted by Gasteiger charge is 2.34. The molecule has 9 heteroatoms. The lowest BCUT2D eigenvalue weighted by molar-refractivity contribution is -0.114. The second kappa shape index (κ2) is 11.8. The summed E-state index contributed by atoms with van der Waals surface area (Å²) in [5.74, 6) is 0.577. The average molecular weight is 557 g/mol. The molecule has 2 heterocycles. The maximum atomic E-state index is 13.7. The minimum atomic E-state index is -0.317. The zero-order valence-corrected chi connectivity index (χ0v) is 23.6. The van der Waals surface area contributed by atoms with Crippen LogP contribution in [0.15, 0.2) is 77.5 Å². The van der Waals surface area contributed by atoms with Crippen molar-refractivity contribution in [3.05, 3.63) is 101 Å². The zero-order chi connectivity index (χ0) is 29.1. The molecule has 0 atom stereocenters. The number of halogens is 1. The van der Waals surface area contributed by atoms with E-state index >= 15 is 0 Å². The summed E-state index contributed by atoms with van der Waals surface area (Å²) in [6.45, 7) is 7.22. The molecule has 212 valence electrons. The monoisotopic (exact) mass is 556 g/mol. The van der Waals surface area contributed by atoms with Gasteiger partial charge in [-0.1, -0.05) is 18.2 Å². The molecule has 0 saturated heterocycles. The number of amides is 2. The van der Waals surface area contributed by atoms with Gasteiger partial charge in [0.1, 0.15) is 5.82 Å². The number of fused-ring (bicyclic) bond motifs is 1. The number of hydrogen-bond donors (Lipinski definition) is 1. The molecule has 0 radical (unpaired) electrons. The predicted octanol–water partition coefficient (Wildman–Crippen LogP) is 5.35. The Labute approximate surface area is 239 Å². The molecule has 2 aliphatic heterocycles. The Hall–Kier alpha value is -4.66. The molecule has 1 N–H and O–H groups in total. The molecule has 0 aliphatic carbocycles. The molecule has 0 fully saturated rings. The van der Waals surface area contributed by atoms with Crippen molar-refractivity contribution in [2.45, 2.75) is 46.4 Å². The number of ether oxygens (including phenoxy) is 2. The van der Waals surface area contributed by atoms with Crippen LogP contribution in [0.5, 0.6) is 11.5 Å². The summed E-state index contributed by atoms with van der Waals surface area (Å²) in [5, 5.41) is 8.79. The first kappa shape index (κ1) is 27.9. The number of aryl methyl sites for hydroxylation is 1. The van der Waals surface area contributed by atoms with Crippen LogP contribution < -0.4 is 19.8 Å². The number of rotatable bonds is 9. The normalized spacial score (nSPS) is 14.5. The van der Waals surface area contributed by atoms with Gasteiger partial charge in [0.05, 0.1) is 30.2 Å². The Balaban J connectivity index is 1.18. The van der Waals surface area contributed by atoms with Gasteiger partial charge in [0, 0.05) is 37.8 Å². The van der Waals surface area contributed by atoms with E-state index in [0.717, 1.165) is 16.8 Å². The van der Waals surface area contributed by atoms with Gasteiger partial charge in [-0.15, -0.1) is 0 Å². The summed E-state index contributed by atoms with van der Waals surface area (Å²) in [7, 11) is 1.59. The Morgan fingerprint density at radius 2 is 1.80 bits per heavy atom. The number of carbonyl (C=O) groups excluding carboxylic acids is 2. The van der Waals surface area contributed by atoms with Gasteiger partial charge in [-0.05, 0) is 79.9 Å². The molecule has 0 bridgehead atoms. The largest absolute Gasteiger partial charge is 0.493 e. The number of benzene rings is 3. The van der Waals surface area contributed by atoms with E-state index in [4.69, 9.17) is 9.47 Å². The molecule has 3 aromatic carbocycles. The standard InChI is InChI=1S/C32H33FN4O4/c1-20(2)41-29-12-7-23(16-30(29)40-4)17-34-31(38)24-8-5-22(6-9-24)18-36-14-13-28-26(19-36)32(39)37(35-28)25-10-11-27(33)21(3)15-25/h5-12,15-16,19-20H,13-14,17-18H2,1-4H3,(H,34,38). The molecule has 3 aromatic rings. The summed E-state index contributed by atoms with van der Waals surface area (Å²) in [4.78, 5) is 27.9. The SMILES string of the molecule is COc1cc(CNC(=O)c2ccc(CN3C=C4C(=O)N(c5ccc(F)c(C)c5)N=C4CC3)cc2)ccc1OC(C)C. The van der Waals surface area contributed by atoms with Crippen LogP contribution >= 0.6 is 0 Å². The van der Waals surface area contributed by atoms with Crippen molar-refractivity contribution in [3.8, 4) is 11.5 Å². The van der Waals surface area contributed by atoms with E-state index in [0.29, 0.717) is 59.9 Å². The minimum Gasteiger partial charge on any atom is -0.493 e. The van der Waals surface area contributed by atoms with Crippen LogP contribution in [-0.4, -0.2) is 42.2 Å². The number of carbonyl (C=O) groups is 2. The number of nitrogens with one attached hydrogen (secondary N) is 1. The Morgan fingerprint density at radius 3 is 2.51 bits per heavy atom. The van der Waals surface area contributed by atoms with E-state index in [9.17, 15) is 14.0 Å². The number of methoxy groups -OCH3 is 1. The average Bonchev–Trinajstić information content (AvgIpc) is 3.29. The fourth-order valence-electron chi connectivity index (χ4n) is 4.78. The van der Waals surface area contributed by atoms with Crippen LogP contribution in [-0.2, 0) is 17.9 Å². The van der Waals surface area contributed by atoms with Crippen molar-refractivity contribution in [2.75, 3.05) is 18.7 Å². The van der Waals surface area contributed by atoms with E-state index in [-0.39, 0.29) is 23.7 Å². The van der Waals surface area contributed by atoms with Crippen LogP contribution in [0.3, 0.4) is 0 Å². The molecule has 0 aromatic heterocycles. The molecule has 8 nitrogen and oxygen atoms in total. The zero-order valence-electron chi connectivity index (χ0n) is 23.6. The fraction of sp³-hybridized carbons (Fsp3) is 0.281. The minimum absolute atomic E-state index is 0.0306. The fourth-order valence-corrected chi connectivity index (χ4v) is 4.78. The lowest BCUT2D eigenvalue weighted by Gasteiger charge is -2.25. The maximum Gasteiger partial charge on any atom is 0.282 e. The van der Waals surface area contributed by atoms with E-state index < -0.39 is 0 Å². The summed E-state index contributed by atoms with van der Waals surface area (Å²) in [5.41, 5.74) is 4.77. The van der Waals surface area contributed by atoms with Gasteiger partial charge >= 0.3 is 0 Å². The Bertz CT molecular complexity index is 1530. The van der Waals surface area contributed by atoms with Crippen LogP contribution in [0.1, 0.15) is 47.3 Å². The van der Waals surface area contributed by atoms with Crippen LogP contribution in [0.2, 0.25) is 0 Å². The molecule has 0 spiro atoms. The first-order valence-corrected chi connectivity index (χ1v) is 13.6. The van der Waals surface area contributed by atoms with Gasteiger partial charge in [0.15, 0.2) is 11.5 Å². The van der Waals surface area contributed by atoms with Gasteiger partial charge in [-0.25, -0.2) is 4.39 Å². The second-order valence-corrected chi connectivity index (χ2v) is 10.4. The molecule has 41 heavy (non-hydrogen) atoms. The molecular formula is C32H33FN4O4. The third-order valence-electron chi connectivity index (χ3n) is 6.93. The second-order valence-electron chi connectivity index (χ2n) is 10.4. The molecule has 2 amide bonds. The Morgan fingerprint density at radius 1 is 1.05 bits per heavy atom. The third kappa shape index (κ3) is 6.24. The number of nitrogens with zero attached hydrogens (tertiary/aromatic N) is 3. The maximum absolute atomic E-state index is 13.7. The van der Waals surface area contributed by atoms with Crippen molar-refractivity contribution in [1.29, 1.82) is 0 Å². The molecule has 5 rings (SSSR count). The highest BCUT2D eigenvalue weighted by atomic mass is 19.1. The van der Waals surface area contributed by atoms with Crippen molar-refractivity contribution in [2.24, 2.45) is 5.10 Å². The van der Waals surface area contributed by atoms with Crippen molar-refractivity contribution in [1.82, 2.24) is 10.2 Å². The quantitative estimate of drug-likeness (QED) is 0.384. The van der Waals surface area contributed by atoms with Gasteiger partial charge in [0.25, 0.3) is 11.8 Å². The van der Waals surface area contributed by atoms with Gasteiger partial charge in [0.2, 0.25) is 0 Å². The molecular weight excluding hydrogens is 523 g/mol. The smallest absolute Gasteiger partial charge is 0.282 e. The molecule has 0 unspecified atom stereocenters. The highest BCUT2D eigenvalue weighted by Crippen LogP contribution is 2.30. The van der Waals surface area contributed by atoms with Crippen LogP contribution in [0, 0.1) is 12.7 Å². The van der Waals surface area contributed by atoms with Gasteiger partial charge in [-0.3, -0.25) is 9.59 Å². The van der Waals surface area contributed by atoms with Crippen LogP contribution in [0.4, 0.5) is 10.1 Å². The Kier molecular flexibility index (Phi) is 8.05. The summed E-state index contributed by atoms with van der Waals surface area (Å²) >= 11 is 0. The van der Waals surface area contributed by atoms with Crippen molar-refractivity contribution in [3.63, 3.8) is 0 Å². The lowest BCUT2D eigenvalue weighted by Crippen LogP contribution is -2.29. The van der Waals surface area contributed by atoms with Gasteiger partial charge in [-0.2, -0.15) is 10.1 Å². The predicted molar refractivity (Wildman–Crippen MR) is 156 cm³/mol. The molecule has 2 aliphatic rings. The van der Waals surface area contributed by atoms with Gasteiger partial charge < -0.3 is 19.7 Å². The van der Waals surface area contributed by atoms with Crippen molar-refractivity contribution < 1.29 is 23.5 Å². The first-order valence-electron chi connectivity index (χ1n) is 13.6. The summed E-state index contributed by atoms with van der Waals surface area (Å²) < 4.78 is 24.9. The summed E-state index contributed by atoms with van der Waals surface area (Å²) in [6.07, 6.45) is 2.50. The number of hydrazone groups is 1. The highest BCUT2D eigenvalue weighted by molar-refractivity contribution is 6.30. The number of anilines is 1. The summed E-state index contributed by atoms with van der Waals surface area (Å²) in [6, 6.07) is 17.6. The first-order chi connectivity index (χ1) is 19.7. The molecule has 0 saturated carbocycles. The van der Waals surface area contributed by atoms with E-state index in [1.165, 1.54) is 11.1 Å². The third-order valence-corrected chi connectivity index (χ3v) is 6.93. The lowest BCUT2D eigenvalue weighted by atomic mass is 10.0. The van der Waals surface area contributed by atoms with Crippen LogP contribution in [0.25, 0.3) is 0 Å². The topological polar surface area (TPSA) is 83.5 Å². The number of hydrogen-bond acceptors (Lipinski definition) is 6. The van der Waals surface area contributed by atoms with E-state index in [2.05, 4.69) is 15.3 Å². The van der Waals surface area contributed by atoms with E-state index in [1.54, 1.807) is 38.3 Å².